The van der Waals surface area contributed by atoms with Gasteiger partial charge in [-0.2, -0.15) is 0 Å². The lowest BCUT2D eigenvalue weighted by atomic mass is 10.8. The molecule has 96 valence electrons. The Labute approximate surface area is 112 Å². The summed E-state index contributed by atoms with van der Waals surface area (Å²) in [6.45, 7) is 0. The van der Waals surface area contributed by atoms with Crippen LogP contribution in [0.25, 0.3) is 0 Å². The Kier molecular flexibility index (Phi) is 7.99. The molecule has 0 saturated carbocycles. The van der Waals surface area contributed by atoms with E-state index in [0.717, 1.165) is 0 Å². The Bertz CT molecular complexity index is 141. The molecule has 2 aliphatic heterocycles. The third-order valence-electron chi connectivity index (χ3n) is 1.72. The Balaban J connectivity index is 0.000000160. The van der Waals surface area contributed by atoms with E-state index in [4.69, 9.17) is 20.4 Å². The molecule has 16 heavy (non-hydrogen) atoms. The van der Waals surface area contributed by atoms with Gasteiger partial charge in [-0.15, -0.1) is 47.0 Å². The second kappa shape index (κ2) is 8.36. The van der Waals surface area contributed by atoms with Gasteiger partial charge in [0.25, 0.3) is 0 Å². The zero-order chi connectivity index (χ0) is 12.0. The van der Waals surface area contributed by atoms with Crippen molar-refractivity contribution in [2.75, 3.05) is 23.0 Å². The number of aliphatic hydroxyl groups excluding tert-OH is 4. The molecule has 2 aliphatic rings. The molecule has 2 rings (SSSR count). The van der Waals surface area contributed by atoms with Crippen molar-refractivity contribution >= 4 is 47.0 Å². The van der Waals surface area contributed by atoms with Crippen LogP contribution in [0.5, 0.6) is 0 Å². The van der Waals surface area contributed by atoms with Crippen molar-refractivity contribution in [3.8, 4) is 0 Å². The van der Waals surface area contributed by atoms with Gasteiger partial charge >= 0.3 is 0 Å². The molecule has 8 heteroatoms. The zero-order valence-corrected chi connectivity index (χ0v) is 11.8. The van der Waals surface area contributed by atoms with Crippen LogP contribution in [0.2, 0.25) is 0 Å². The quantitative estimate of drug-likeness (QED) is 0.506. The highest BCUT2D eigenvalue weighted by atomic mass is 32.2. The van der Waals surface area contributed by atoms with Gasteiger partial charge in [-0.25, -0.2) is 0 Å². The Hall–Kier alpha value is 1.24. The molecule has 0 aliphatic carbocycles. The number of aliphatic hydroxyl groups is 4. The highest BCUT2D eigenvalue weighted by molar-refractivity contribution is 8.07. The van der Waals surface area contributed by atoms with Crippen LogP contribution in [0, 0.1) is 0 Å². The molecular weight excluding hydrogens is 288 g/mol. The molecular formula is C8H16O4S4. The van der Waals surface area contributed by atoms with Crippen LogP contribution in [-0.4, -0.2) is 65.2 Å². The standard InChI is InChI=1S/2C4H8O2S2/c2*5-3-1-7-4(6)2-8-3/h2*3-6H,1-2H2. The minimum Gasteiger partial charge on any atom is -0.382 e. The topological polar surface area (TPSA) is 80.9 Å². The fraction of sp³-hybridized carbons (Fsp3) is 1.00. The average Bonchev–Trinajstić information content (AvgIpc) is 2.28. The Morgan fingerprint density at radius 2 is 0.688 bits per heavy atom. The van der Waals surface area contributed by atoms with E-state index in [9.17, 15) is 0 Å². The van der Waals surface area contributed by atoms with Gasteiger partial charge in [0.15, 0.2) is 0 Å². The number of thioether (sulfide) groups is 4. The Morgan fingerprint density at radius 1 is 0.500 bits per heavy atom. The lowest BCUT2D eigenvalue weighted by Gasteiger charge is -2.19. The zero-order valence-electron chi connectivity index (χ0n) is 8.56. The number of rotatable bonds is 0. The maximum Gasteiger partial charge on any atom is 0.108 e. The first-order valence-corrected chi connectivity index (χ1v) is 8.96. The second-order valence-corrected chi connectivity index (χ2v) is 8.00. The predicted octanol–water partition coefficient (Wildman–Crippen LogP) is 0.206. The van der Waals surface area contributed by atoms with E-state index in [2.05, 4.69) is 0 Å². The summed E-state index contributed by atoms with van der Waals surface area (Å²) in [5.74, 6) is 2.63. The van der Waals surface area contributed by atoms with Crippen molar-refractivity contribution in [3.63, 3.8) is 0 Å². The van der Waals surface area contributed by atoms with E-state index in [1.807, 2.05) is 0 Å². The molecule has 2 fully saturated rings. The van der Waals surface area contributed by atoms with Crippen LogP contribution in [0.1, 0.15) is 0 Å². The van der Waals surface area contributed by atoms with Gasteiger partial charge in [-0.3, -0.25) is 0 Å². The van der Waals surface area contributed by atoms with E-state index in [-0.39, 0.29) is 21.7 Å². The van der Waals surface area contributed by atoms with Crippen molar-refractivity contribution < 1.29 is 20.4 Å². The molecule has 0 amide bonds. The van der Waals surface area contributed by atoms with E-state index in [1.54, 1.807) is 0 Å². The highest BCUT2D eigenvalue weighted by Crippen LogP contribution is 2.26. The van der Waals surface area contributed by atoms with Gasteiger partial charge in [0.05, 0.1) is 0 Å². The molecule has 0 aromatic carbocycles. The van der Waals surface area contributed by atoms with Crippen LogP contribution in [0.4, 0.5) is 0 Å². The number of hydrogen-bond acceptors (Lipinski definition) is 8. The first-order valence-electron chi connectivity index (χ1n) is 4.76. The Morgan fingerprint density at radius 3 is 0.812 bits per heavy atom. The maximum atomic E-state index is 8.86. The summed E-state index contributed by atoms with van der Waals surface area (Å²) >= 11 is 5.64. The van der Waals surface area contributed by atoms with Crippen LogP contribution in [0.3, 0.4) is 0 Å². The summed E-state index contributed by atoms with van der Waals surface area (Å²) in [7, 11) is 0. The molecule has 0 spiro atoms. The summed E-state index contributed by atoms with van der Waals surface area (Å²) < 4.78 is 0. The van der Waals surface area contributed by atoms with Crippen molar-refractivity contribution in [3.05, 3.63) is 0 Å². The van der Waals surface area contributed by atoms with Crippen LogP contribution in [0.15, 0.2) is 0 Å². The van der Waals surface area contributed by atoms with Gasteiger partial charge in [0.2, 0.25) is 0 Å². The van der Waals surface area contributed by atoms with Gasteiger partial charge in [0.1, 0.15) is 21.7 Å². The summed E-state index contributed by atoms with van der Waals surface area (Å²) in [6, 6.07) is 0. The minimum absolute atomic E-state index is 0.261. The van der Waals surface area contributed by atoms with Crippen molar-refractivity contribution in [2.45, 2.75) is 21.7 Å². The summed E-state index contributed by atoms with van der Waals surface area (Å²) in [5.41, 5.74) is -1.04. The molecule has 0 aromatic rings. The molecule has 4 atom stereocenters. The third kappa shape index (κ3) is 6.85. The number of hydrogen-bond donors (Lipinski definition) is 4. The van der Waals surface area contributed by atoms with Crippen molar-refractivity contribution in [1.29, 1.82) is 0 Å². The monoisotopic (exact) mass is 304 g/mol. The van der Waals surface area contributed by atoms with Gasteiger partial charge in [-0.1, -0.05) is 0 Å². The van der Waals surface area contributed by atoms with Crippen LogP contribution >= 0.6 is 47.0 Å². The molecule has 2 heterocycles. The van der Waals surface area contributed by atoms with E-state index in [1.165, 1.54) is 47.0 Å². The van der Waals surface area contributed by atoms with E-state index < -0.39 is 0 Å². The van der Waals surface area contributed by atoms with Gasteiger partial charge < -0.3 is 20.4 Å². The van der Waals surface area contributed by atoms with E-state index >= 15 is 0 Å². The van der Waals surface area contributed by atoms with Gasteiger partial charge in [-0.05, 0) is 0 Å². The molecule has 0 aromatic heterocycles. The molecule has 2 saturated heterocycles. The first-order chi connectivity index (χ1) is 7.58. The smallest absolute Gasteiger partial charge is 0.108 e. The summed E-state index contributed by atoms with van der Waals surface area (Å²) in [5, 5.41) is 35.4. The molecule has 0 bridgehead atoms. The lowest BCUT2D eigenvalue weighted by molar-refractivity contribution is 0.263. The van der Waals surface area contributed by atoms with Crippen LogP contribution < -0.4 is 0 Å². The van der Waals surface area contributed by atoms with Crippen LogP contribution in [-0.2, 0) is 0 Å². The van der Waals surface area contributed by atoms with Gasteiger partial charge in [0, 0.05) is 23.0 Å². The minimum atomic E-state index is -0.261. The fourth-order valence-electron chi connectivity index (χ4n) is 0.966. The highest BCUT2D eigenvalue weighted by Gasteiger charge is 2.17. The van der Waals surface area contributed by atoms with Crippen molar-refractivity contribution in [1.82, 2.24) is 0 Å². The molecule has 4 N–H and O–H groups in total. The second-order valence-electron chi connectivity index (χ2n) is 3.15. The molecule has 4 nitrogen and oxygen atoms in total. The first kappa shape index (κ1) is 15.3. The lowest BCUT2D eigenvalue weighted by Crippen LogP contribution is -2.19. The summed E-state index contributed by atoms with van der Waals surface area (Å²) in [4.78, 5) is 0. The van der Waals surface area contributed by atoms with E-state index in [0.29, 0.717) is 23.0 Å². The fourth-order valence-corrected chi connectivity index (χ4v) is 5.00. The molecule has 0 radical (unpaired) electrons. The van der Waals surface area contributed by atoms with Crippen molar-refractivity contribution in [2.24, 2.45) is 0 Å². The maximum absolute atomic E-state index is 8.86. The predicted molar refractivity (Wildman–Crippen MR) is 73.9 cm³/mol. The SMILES string of the molecule is OC1CSC(O)CS1.OC1CSC(O)CS1. The summed E-state index contributed by atoms with van der Waals surface area (Å²) in [6.07, 6.45) is 0. The third-order valence-corrected chi connectivity index (χ3v) is 6.81. The largest absolute Gasteiger partial charge is 0.382 e. The average molecular weight is 304 g/mol. The molecule has 4 unspecified atom stereocenters. The normalized spacial score (nSPS) is 39.8.